The predicted octanol–water partition coefficient (Wildman–Crippen LogP) is 2.85. The second-order valence-corrected chi connectivity index (χ2v) is 9.93. The van der Waals surface area contributed by atoms with Gasteiger partial charge in [-0.2, -0.15) is 5.26 Å². The molecule has 2 aromatic heterocycles. The number of hydrogen-bond acceptors (Lipinski definition) is 9. The van der Waals surface area contributed by atoms with E-state index in [0.29, 0.717) is 29.2 Å². The van der Waals surface area contributed by atoms with Gasteiger partial charge in [-0.1, -0.05) is 0 Å². The summed E-state index contributed by atoms with van der Waals surface area (Å²) >= 11 is 1.41. The smallest absolute Gasteiger partial charge is 0.273 e. The van der Waals surface area contributed by atoms with Gasteiger partial charge in [-0.25, -0.2) is 15.0 Å². The van der Waals surface area contributed by atoms with Crippen molar-refractivity contribution >= 4 is 28.2 Å². The van der Waals surface area contributed by atoms with Crippen LogP contribution in [0.3, 0.4) is 0 Å². The van der Waals surface area contributed by atoms with Gasteiger partial charge in [0.1, 0.15) is 17.3 Å². The monoisotopic (exact) mass is 468 g/mol. The van der Waals surface area contributed by atoms with Crippen LogP contribution in [0.4, 0.5) is 10.9 Å². The fourth-order valence-corrected chi connectivity index (χ4v) is 5.18. The number of carbonyl (C=O) groups excluding carboxylic acids is 1. The van der Waals surface area contributed by atoms with Crippen LogP contribution in [0.15, 0.2) is 11.4 Å². The normalized spacial score (nSPS) is 20.1. The Morgan fingerprint density at radius 3 is 2.76 bits per heavy atom. The van der Waals surface area contributed by atoms with E-state index in [4.69, 9.17) is 10.2 Å². The number of thiazole rings is 1. The number of rotatable bonds is 6. The molecule has 2 aromatic rings. The SMILES string of the molecule is Cc1cc(Nc2nc(C(=O)N3CCN(C(C)C)CC3)cs2)nc([C@H]2CCCN(CC#N)C2)n1. The van der Waals surface area contributed by atoms with Crippen molar-refractivity contribution in [2.24, 2.45) is 0 Å². The zero-order chi connectivity index (χ0) is 23.4. The molecule has 10 heteroatoms. The van der Waals surface area contributed by atoms with Crippen molar-refractivity contribution in [3.05, 3.63) is 28.7 Å². The summed E-state index contributed by atoms with van der Waals surface area (Å²) in [4.78, 5) is 33.3. The van der Waals surface area contributed by atoms with Crippen LogP contribution in [0.5, 0.6) is 0 Å². The molecule has 2 aliphatic heterocycles. The molecule has 0 unspecified atom stereocenters. The summed E-state index contributed by atoms with van der Waals surface area (Å²) in [5.41, 5.74) is 1.36. The number of nitriles is 1. The van der Waals surface area contributed by atoms with Crippen molar-refractivity contribution in [2.75, 3.05) is 51.1 Å². The van der Waals surface area contributed by atoms with Crippen LogP contribution in [0, 0.1) is 18.3 Å². The zero-order valence-corrected chi connectivity index (χ0v) is 20.4. The van der Waals surface area contributed by atoms with Crippen molar-refractivity contribution in [1.82, 2.24) is 29.7 Å². The van der Waals surface area contributed by atoms with E-state index in [2.05, 4.69) is 45.0 Å². The number of likely N-dealkylation sites (tertiary alicyclic amines) is 1. The minimum atomic E-state index is -0.0120. The molecule has 9 nitrogen and oxygen atoms in total. The van der Waals surface area contributed by atoms with Crippen LogP contribution in [-0.2, 0) is 0 Å². The Labute approximate surface area is 199 Å². The Hall–Kier alpha value is -2.61. The lowest BCUT2D eigenvalue weighted by Crippen LogP contribution is -2.50. The fourth-order valence-electron chi connectivity index (χ4n) is 4.49. The first-order valence-electron chi connectivity index (χ1n) is 11.6. The van der Waals surface area contributed by atoms with E-state index in [0.717, 1.165) is 63.6 Å². The highest BCUT2D eigenvalue weighted by molar-refractivity contribution is 7.14. The largest absolute Gasteiger partial charge is 0.335 e. The topological polar surface area (TPSA) is 101 Å². The first kappa shape index (κ1) is 23.5. The maximum absolute atomic E-state index is 12.9. The first-order chi connectivity index (χ1) is 15.9. The van der Waals surface area contributed by atoms with E-state index in [1.807, 2.05) is 23.3 Å². The van der Waals surface area contributed by atoms with Crippen molar-refractivity contribution in [2.45, 2.75) is 45.6 Å². The average molecular weight is 469 g/mol. The molecule has 4 rings (SSSR count). The number of carbonyl (C=O) groups is 1. The fraction of sp³-hybridized carbons (Fsp3) is 0.609. The summed E-state index contributed by atoms with van der Waals surface area (Å²) in [5.74, 6) is 1.69. The Kier molecular flexibility index (Phi) is 7.53. The summed E-state index contributed by atoms with van der Waals surface area (Å²) < 4.78 is 0. The Bertz CT molecular complexity index is 1010. The van der Waals surface area contributed by atoms with E-state index in [-0.39, 0.29) is 11.8 Å². The molecule has 0 spiro atoms. The lowest BCUT2D eigenvalue weighted by atomic mass is 9.97. The summed E-state index contributed by atoms with van der Waals surface area (Å²) in [7, 11) is 0. The Balaban J connectivity index is 1.41. The molecule has 2 saturated heterocycles. The Morgan fingerprint density at radius 2 is 2.03 bits per heavy atom. The van der Waals surface area contributed by atoms with Crippen LogP contribution in [-0.4, -0.2) is 87.4 Å². The molecule has 1 amide bonds. The first-order valence-corrected chi connectivity index (χ1v) is 12.5. The van der Waals surface area contributed by atoms with Crippen molar-refractivity contribution in [1.29, 1.82) is 5.26 Å². The molecular formula is C23H32N8OS. The van der Waals surface area contributed by atoms with E-state index < -0.39 is 0 Å². The molecule has 2 fully saturated rings. The molecule has 2 aliphatic rings. The molecule has 0 saturated carbocycles. The molecule has 0 bridgehead atoms. The molecule has 176 valence electrons. The lowest BCUT2D eigenvalue weighted by molar-refractivity contribution is 0.0591. The Morgan fingerprint density at radius 1 is 1.24 bits per heavy atom. The van der Waals surface area contributed by atoms with Gasteiger partial charge in [-0.15, -0.1) is 11.3 Å². The summed E-state index contributed by atoms with van der Waals surface area (Å²) in [6.07, 6.45) is 2.06. The molecule has 0 aromatic carbocycles. The standard InChI is InChI=1S/C23H32N8OS/c1-16(2)30-9-11-31(12-10-30)22(32)19-15-33-23(26-19)28-20-13-17(3)25-21(27-20)18-5-4-7-29(14-18)8-6-24/h13,15-16,18H,4-5,7-12,14H2,1-3H3,(H,25,26,27,28)/t18-/m0/s1. The maximum Gasteiger partial charge on any atom is 0.273 e. The van der Waals surface area contributed by atoms with Gasteiger partial charge >= 0.3 is 0 Å². The van der Waals surface area contributed by atoms with E-state index in [1.54, 1.807) is 0 Å². The van der Waals surface area contributed by atoms with Gasteiger partial charge in [0.2, 0.25) is 0 Å². The van der Waals surface area contributed by atoms with E-state index >= 15 is 0 Å². The van der Waals surface area contributed by atoms with Crippen molar-refractivity contribution in [3.63, 3.8) is 0 Å². The molecular weight excluding hydrogens is 436 g/mol. The number of nitrogens with zero attached hydrogens (tertiary/aromatic N) is 7. The van der Waals surface area contributed by atoms with Crippen LogP contribution in [0.1, 0.15) is 54.6 Å². The number of anilines is 2. The number of aryl methyl sites for hydroxylation is 1. The van der Waals surface area contributed by atoms with Crippen molar-refractivity contribution < 1.29 is 4.79 Å². The van der Waals surface area contributed by atoms with Crippen LogP contribution in [0.2, 0.25) is 0 Å². The number of piperazine rings is 1. The highest BCUT2D eigenvalue weighted by atomic mass is 32.1. The van der Waals surface area contributed by atoms with Crippen LogP contribution >= 0.6 is 11.3 Å². The summed E-state index contributed by atoms with van der Waals surface area (Å²) in [6, 6.07) is 4.64. The van der Waals surface area contributed by atoms with Gasteiger partial charge in [0.05, 0.1) is 12.6 Å². The maximum atomic E-state index is 12.9. The molecule has 4 heterocycles. The number of aromatic nitrogens is 3. The molecule has 0 aliphatic carbocycles. The molecule has 1 N–H and O–H groups in total. The second-order valence-electron chi connectivity index (χ2n) is 9.07. The lowest BCUT2D eigenvalue weighted by Gasteiger charge is -2.36. The summed E-state index contributed by atoms with van der Waals surface area (Å²) in [5, 5.41) is 14.8. The minimum absolute atomic E-state index is 0.0120. The highest BCUT2D eigenvalue weighted by Crippen LogP contribution is 2.27. The number of hydrogen-bond donors (Lipinski definition) is 1. The number of nitrogens with one attached hydrogen (secondary N) is 1. The third kappa shape index (κ3) is 5.85. The van der Waals surface area contributed by atoms with E-state index in [9.17, 15) is 4.79 Å². The van der Waals surface area contributed by atoms with Gasteiger partial charge in [0.25, 0.3) is 5.91 Å². The highest BCUT2D eigenvalue weighted by Gasteiger charge is 2.26. The molecule has 0 radical (unpaired) electrons. The van der Waals surface area contributed by atoms with Crippen LogP contribution < -0.4 is 5.32 Å². The number of piperidine rings is 1. The third-order valence-corrected chi connectivity index (χ3v) is 7.08. The van der Waals surface area contributed by atoms with Crippen molar-refractivity contribution in [3.8, 4) is 6.07 Å². The number of amides is 1. The van der Waals surface area contributed by atoms with Gasteiger partial charge in [0.15, 0.2) is 5.13 Å². The van der Waals surface area contributed by atoms with Crippen LogP contribution in [0.25, 0.3) is 0 Å². The van der Waals surface area contributed by atoms with E-state index in [1.165, 1.54) is 11.3 Å². The van der Waals surface area contributed by atoms with Gasteiger partial charge in [0, 0.05) is 61.8 Å². The van der Waals surface area contributed by atoms with Gasteiger partial charge < -0.3 is 10.2 Å². The quantitative estimate of drug-likeness (QED) is 0.646. The minimum Gasteiger partial charge on any atom is -0.335 e. The molecule has 33 heavy (non-hydrogen) atoms. The third-order valence-electron chi connectivity index (χ3n) is 6.33. The summed E-state index contributed by atoms with van der Waals surface area (Å²) in [6.45, 7) is 11.8. The zero-order valence-electron chi connectivity index (χ0n) is 19.6. The molecule has 1 atom stereocenters. The van der Waals surface area contributed by atoms with Gasteiger partial charge in [-0.3, -0.25) is 14.6 Å². The average Bonchev–Trinajstić information content (AvgIpc) is 3.27. The predicted molar refractivity (Wildman–Crippen MR) is 129 cm³/mol. The second kappa shape index (κ2) is 10.5. The van der Waals surface area contributed by atoms with Gasteiger partial charge in [-0.05, 0) is 40.2 Å².